The van der Waals surface area contributed by atoms with Crippen molar-refractivity contribution in [3.63, 3.8) is 0 Å². The molecule has 0 radical (unpaired) electrons. The Balaban J connectivity index is 1.07. The maximum atomic E-state index is 14.0. The molecule has 0 bridgehead atoms. The van der Waals surface area contributed by atoms with Crippen LogP contribution in [0.5, 0.6) is 0 Å². The number of benzene rings is 2. The molecule has 51 heavy (non-hydrogen) atoms. The van der Waals surface area contributed by atoms with E-state index in [1.165, 1.54) is 6.08 Å². The Morgan fingerprint density at radius 2 is 1.69 bits per heavy atom. The van der Waals surface area contributed by atoms with E-state index >= 15 is 0 Å². The van der Waals surface area contributed by atoms with Crippen LogP contribution < -0.4 is 5.06 Å². The van der Waals surface area contributed by atoms with E-state index in [-0.39, 0.29) is 60.0 Å². The standard InChI is InChI=1S/C43H55NO7/c1-5-39(47)51-37-25-36-32(35-20-19-34(43(35,37)4)27(2)16-21-38(45)46)18-17-29-24-31(22-23-42(29,36)3)50-41(48)33-26-49-44(30-14-10-7-11-15-30)40(33)28-12-8-6-9-13-28/h5-15,27,29,31-37,40H,1,16-26H2,2-4H3,(H,45,46)/t27-,29-,31-,32+,33-,34-,35+,36+,37+,40-,42+,43-/m1/s1. The van der Waals surface area contributed by atoms with Gasteiger partial charge in [0.2, 0.25) is 0 Å². The topological polar surface area (TPSA) is 102 Å². The average Bonchev–Trinajstić information content (AvgIpc) is 3.74. The molecule has 274 valence electrons. The van der Waals surface area contributed by atoms with E-state index in [2.05, 4.69) is 39.5 Å². The van der Waals surface area contributed by atoms with E-state index in [1.807, 2.05) is 53.6 Å². The molecule has 1 saturated heterocycles. The number of para-hydroxylation sites is 1. The summed E-state index contributed by atoms with van der Waals surface area (Å²) in [7, 11) is 0. The molecule has 1 heterocycles. The van der Waals surface area contributed by atoms with Crippen molar-refractivity contribution in [1.82, 2.24) is 0 Å². The normalized spacial score (nSPS) is 37.7. The Labute approximate surface area is 302 Å². The lowest BCUT2D eigenvalue weighted by molar-refractivity contribution is -0.197. The molecule has 12 atom stereocenters. The Morgan fingerprint density at radius 3 is 2.39 bits per heavy atom. The van der Waals surface area contributed by atoms with Crippen molar-refractivity contribution in [2.24, 2.45) is 52.3 Å². The van der Waals surface area contributed by atoms with Crippen LogP contribution in [-0.4, -0.2) is 41.8 Å². The first-order valence-corrected chi connectivity index (χ1v) is 19.3. The van der Waals surface area contributed by atoms with Crippen LogP contribution in [0.15, 0.2) is 73.3 Å². The van der Waals surface area contributed by atoms with Gasteiger partial charge in [-0.2, -0.15) is 0 Å². The number of fused-ring (bicyclic) bond motifs is 5. The van der Waals surface area contributed by atoms with Gasteiger partial charge in [-0.3, -0.25) is 14.4 Å². The first-order valence-electron chi connectivity index (χ1n) is 19.3. The molecule has 2 aromatic carbocycles. The van der Waals surface area contributed by atoms with E-state index in [0.29, 0.717) is 36.0 Å². The van der Waals surface area contributed by atoms with Crippen LogP contribution in [0.3, 0.4) is 0 Å². The Hall–Kier alpha value is -3.65. The molecule has 0 aromatic heterocycles. The zero-order chi connectivity index (χ0) is 35.9. The van der Waals surface area contributed by atoms with Crippen molar-refractivity contribution in [1.29, 1.82) is 0 Å². The van der Waals surface area contributed by atoms with Gasteiger partial charge >= 0.3 is 17.9 Å². The number of esters is 2. The number of carbonyl (C=O) groups is 3. The second-order valence-corrected chi connectivity index (χ2v) is 16.7. The summed E-state index contributed by atoms with van der Waals surface area (Å²) in [5.74, 6) is 0.578. The van der Waals surface area contributed by atoms with Gasteiger partial charge in [0.05, 0.1) is 18.3 Å². The molecular weight excluding hydrogens is 642 g/mol. The summed E-state index contributed by atoms with van der Waals surface area (Å²) in [6, 6.07) is 19.8. The van der Waals surface area contributed by atoms with E-state index in [9.17, 15) is 19.5 Å². The molecule has 0 unspecified atom stereocenters. The van der Waals surface area contributed by atoms with Crippen molar-refractivity contribution in [2.75, 3.05) is 11.7 Å². The molecule has 0 spiro atoms. The molecule has 4 aliphatic carbocycles. The van der Waals surface area contributed by atoms with Gasteiger partial charge in [-0.15, -0.1) is 0 Å². The molecule has 7 rings (SSSR count). The van der Waals surface area contributed by atoms with E-state index in [1.54, 1.807) is 0 Å². The Kier molecular flexibility index (Phi) is 10.1. The van der Waals surface area contributed by atoms with Gasteiger partial charge in [0.25, 0.3) is 0 Å². The minimum atomic E-state index is -0.755. The highest BCUT2D eigenvalue weighted by atomic mass is 16.7. The van der Waals surface area contributed by atoms with Crippen molar-refractivity contribution in [3.05, 3.63) is 78.9 Å². The number of carboxylic acids is 1. The maximum absolute atomic E-state index is 14.0. The van der Waals surface area contributed by atoms with E-state index in [4.69, 9.17) is 14.3 Å². The first kappa shape index (κ1) is 35.7. The van der Waals surface area contributed by atoms with Crippen molar-refractivity contribution in [2.45, 2.75) is 103 Å². The fraction of sp³-hybridized carbons (Fsp3) is 0.605. The monoisotopic (exact) mass is 697 g/mol. The summed E-state index contributed by atoms with van der Waals surface area (Å²) in [5.41, 5.74) is 1.80. The minimum Gasteiger partial charge on any atom is -0.481 e. The summed E-state index contributed by atoms with van der Waals surface area (Å²) in [6.07, 6.45) is 9.56. The number of hydroxylamine groups is 1. The minimum absolute atomic E-state index is 0.0617. The molecule has 5 fully saturated rings. The lowest BCUT2D eigenvalue weighted by Gasteiger charge is -2.62. The third-order valence-corrected chi connectivity index (χ3v) is 14.5. The number of carbonyl (C=O) groups excluding carboxylic acids is 2. The highest BCUT2D eigenvalue weighted by Crippen LogP contribution is 2.69. The highest BCUT2D eigenvalue weighted by Gasteiger charge is 2.65. The third kappa shape index (κ3) is 6.51. The molecule has 8 nitrogen and oxygen atoms in total. The van der Waals surface area contributed by atoms with Crippen LogP contribution in [0.4, 0.5) is 5.69 Å². The molecule has 4 saturated carbocycles. The van der Waals surface area contributed by atoms with Gasteiger partial charge in [0, 0.05) is 17.9 Å². The fourth-order valence-electron chi connectivity index (χ4n) is 11.9. The number of aliphatic carboxylic acids is 1. The van der Waals surface area contributed by atoms with Crippen molar-refractivity contribution in [3.8, 4) is 0 Å². The molecule has 8 heteroatoms. The average molecular weight is 698 g/mol. The van der Waals surface area contributed by atoms with Crippen LogP contribution in [0.2, 0.25) is 0 Å². The number of anilines is 1. The van der Waals surface area contributed by atoms with Gasteiger partial charge in [0.1, 0.15) is 18.1 Å². The van der Waals surface area contributed by atoms with Crippen LogP contribution >= 0.6 is 0 Å². The second-order valence-electron chi connectivity index (χ2n) is 16.7. The molecule has 1 N–H and O–H groups in total. The lowest BCUT2D eigenvalue weighted by Crippen LogP contribution is -2.59. The molecular formula is C43H55NO7. The summed E-state index contributed by atoms with van der Waals surface area (Å²) in [5, 5.41) is 11.3. The predicted molar refractivity (Wildman–Crippen MR) is 194 cm³/mol. The number of rotatable bonds is 10. The quantitative estimate of drug-likeness (QED) is 0.195. The van der Waals surface area contributed by atoms with Gasteiger partial charge in [0.15, 0.2) is 0 Å². The predicted octanol–water partition coefficient (Wildman–Crippen LogP) is 8.58. The van der Waals surface area contributed by atoms with Gasteiger partial charge < -0.3 is 14.6 Å². The van der Waals surface area contributed by atoms with E-state index < -0.39 is 11.9 Å². The van der Waals surface area contributed by atoms with Crippen LogP contribution in [0.1, 0.15) is 96.6 Å². The molecule has 1 aliphatic heterocycles. The second kappa shape index (κ2) is 14.4. The fourth-order valence-corrected chi connectivity index (χ4v) is 11.9. The Bertz CT molecular complexity index is 1580. The van der Waals surface area contributed by atoms with Gasteiger partial charge in [-0.05, 0) is 116 Å². The summed E-state index contributed by atoms with van der Waals surface area (Å²) < 4.78 is 12.7. The zero-order valence-corrected chi connectivity index (χ0v) is 30.5. The summed E-state index contributed by atoms with van der Waals surface area (Å²) in [4.78, 5) is 44.5. The highest BCUT2D eigenvalue weighted by molar-refractivity contribution is 5.81. The van der Waals surface area contributed by atoms with Gasteiger partial charge in [-0.25, -0.2) is 9.86 Å². The zero-order valence-electron chi connectivity index (χ0n) is 30.5. The van der Waals surface area contributed by atoms with Crippen molar-refractivity contribution >= 4 is 23.6 Å². The largest absolute Gasteiger partial charge is 0.481 e. The number of ether oxygens (including phenoxy) is 2. The number of carboxylic acid groups (broad SMARTS) is 1. The number of hydrogen-bond donors (Lipinski definition) is 1. The third-order valence-electron chi connectivity index (χ3n) is 14.5. The SMILES string of the molecule is C=CC(=O)O[C@H]1C[C@H]2[C@@H](CC[C@@H]3C[C@H](OC(=O)[C@@H]4CON(c5ccccc5)[C@@H]4c4ccccc4)CC[C@@]32C)[C@@H]2CC[C@H]([C@H](C)CCC(=O)O)[C@@]12C. The molecule has 5 aliphatic rings. The van der Waals surface area contributed by atoms with E-state index in [0.717, 1.165) is 62.6 Å². The van der Waals surface area contributed by atoms with Gasteiger partial charge in [-0.1, -0.05) is 75.9 Å². The Morgan fingerprint density at radius 1 is 0.961 bits per heavy atom. The first-order chi connectivity index (χ1) is 24.5. The molecule has 2 aromatic rings. The van der Waals surface area contributed by atoms with Crippen LogP contribution in [0, 0.1) is 52.3 Å². The maximum Gasteiger partial charge on any atom is 0.330 e. The summed E-state index contributed by atoms with van der Waals surface area (Å²) >= 11 is 0. The number of hydrogen-bond acceptors (Lipinski definition) is 7. The van der Waals surface area contributed by atoms with Crippen LogP contribution in [0.25, 0.3) is 0 Å². The smallest absolute Gasteiger partial charge is 0.330 e. The molecule has 0 amide bonds. The number of nitrogens with zero attached hydrogens (tertiary/aromatic N) is 1. The lowest BCUT2D eigenvalue weighted by atomic mass is 9.43. The summed E-state index contributed by atoms with van der Waals surface area (Å²) in [6.45, 7) is 11.0. The van der Waals surface area contributed by atoms with Crippen LogP contribution in [-0.2, 0) is 28.7 Å². The van der Waals surface area contributed by atoms with Crippen molar-refractivity contribution < 1.29 is 33.8 Å².